The highest BCUT2D eigenvalue weighted by molar-refractivity contribution is 5.79. The minimum absolute atomic E-state index is 0.256. The molecule has 0 spiro atoms. The smallest absolute Gasteiger partial charge is 0.225 e. The first kappa shape index (κ1) is 15.3. The van der Waals surface area contributed by atoms with Crippen molar-refractivity contribution in [2.75, 3.05) is 26.9 Å². The van der Waals surface area contributed by atoms with Gasteiger partial charge in [0.25, 0.3) is 0 Å². The van der Waals surface area contributed by atoms with Gasteiger partial charge in [-0.05, 0) is 18.4 Å². The van der Waals surface area contributed by atoms with Crippen LogP contribution in [0.5, 0.6) is 5.88 Å². The molecule has 0 N–H and O–H groups in total. The van der Waals surface area contributed by atoms with Crippen molar-refractivity contribution in [1.29, 1.82) is 0 Å². The molecule has 1 amide bonds. The van der Waals surface area contributed by atoms with Crippen molar-refractivity contribution in [1.82, 2.24) is 9.88 Å². The molecule has 120 valence electrons. The van der Waals surface area contributed by atoms with Crippen LogP contribution in [-0.2, 0) is 22.5 Å². The second kappa shape index (κ2) is 7.09. The van der Waals surface area contributed by atoms with Crippen LogP contribution in [0.4, 0.5) is 0 Å². The van der Waals surface area contributed by atoms with Gasteiger partial charge in [0.1, 0.15) is 6.61 Å². The molecule has 1 fully saturated rings. The van der Waals surface area contributed by atoms with Crippen molar-refractivity contribution in [3.05, 3.63) is 23.4 Å². The Morgan fingerprint density at radius 3 is 2.91 bits per heavy atom. The van der Waals surface area contributed by atoms with Crippen LogP contribution in [0, 0.1) is 5.92 Å². The predicted octanol–water partition coefficient (Wildman–Crippen LogP) is 2.18. The number of nitrogens with zero attached hydrogens (tertiary/aromatic N) is 2. The van der Waals surface area contributed by atoms with E-state index in [0.717, 1.165) is 37.1 Å². The lowest BCUT2D eigenvalue weighted by Crippen LogP contribution is -2.39. The molecule has 1 saturated carbocycles. The lowest BCUT2D eigenvalue weighted by Gasteiger charge is -2.30. The molecule has 2 aliphatic rings. The van der Waals surface area contributed by atoms with Crippen LogP contribution in [0.15, 0.2) is 12.1 Å². The Labute approximate surface area is 131 Å². The zero-order valence-corrected chi connectivity index (χ0v) is 13.2. The topological polar surface area (TPSA) is 51.7 Å². The maximum absolute atomic E-state index is 12.5. The summed E-state index contributed by atoms with van der Waals surface area (Å²) in [6.07, 6.45) is 5.34. The summed E-state index contributed by atoms with van der Waals surface area (Å²) in [7, 11) is 1.65. The molecule has 0 unspecified atom stereocenters. The maximum atomic E-state index is 12.5. The largest absolute Gasteiger partial charge is 0.475 e. The molecule has 0 bridgehead atoms. The highest BCUT2D eigenvalue weighted by atomic mass is 16.5. The van der Waals surface area contributed by atoms with Gasteiger partial charge in [0.2, 0.25) is 11.8 Å². The van der Waals surface area contributed by atoms with E-state index in [1.165, 1.54) is 12.8 Å². The molecule has 1 aromatic rings. The van der Waals surface area contributed by atoms with E-state index in [4.69, 9.17) is 9.47 Å². The molecule has 0 saturated heterocycles. The molecular formula is C17H24N2O3. The van der Waals surface area contributed by atoms with Crippen molar-refractivity contribution in [3.8, 4) is 5.88 Å². The van der Waals surface area contributed by atoms with E-state index in [1.54, 1.807) is 7.11 Å². The SMILES string of the molecule is COCCOc1ccc2c(n1)CCN(C(=O)C1CCCC1)C2. The van der Waals surface area contributed by atoms with Gasteiger partial charge in [-0.2, -0.15) is 0 Å². The number of pyridine rings is 1. The Hall–Kier alpha value is -1.62. The van der Waals surface area contributed by atoms with E-state index >= 15 is 0 Å². The molecule has 1 aliphatic carbocycles. The zero-order valence-electron chi connectivity index (χ0n) is 13.2. The molecule has 2 heterocycles. The summed E-state index contributed by atoms with van der Waals surface area (Å²) < 4.78 is 10.5. The first-order chi connectivity index (χ1) is 10.8. The summed E-state index contributed by atoms with van der Waals surface area (Å²) in [4.78, 5) is 19.1. The van der Waals surface area contributed by atoms with Gasteiger partial charge >= 0.3 is 0 Å². The second-order valence-corrected chi connectivity index (χ2v) is 6.09. The standard InChI is InChI=1S/C17H24N2O3/c1-21-10-11-22-16-7-6-14-12-19(9-8-15(14)18-16)17(20)13-4-2-3-5-13/h6-7,13H,2-5,8-12H2,1H3. The second-order valence-electron chi connectivity index (χ2n) is 6.09. The molecule has 0 radical (unpaired) electrons. The van der Waals surface area contributed by atoms with Crippen molar-refractivity contribution < 1.29 is 14.3 Å². The van der Waals surface area contributed by atoms with Gasteiger partial charge in [-0.15, -0.1) is 0 Å². The van der Waals surface area contributed by atoms with Crippen LogP contribution in [0.3, 0.4) is 0 Å². The Bertz CT molecular complexity index is 527. The number of carbonyl (C=O) groups is 1. The van der Waals surface area contributed by atoms with Gasteiger partial charge in [0.05, 0.1) is 12.3 Å². The summed E-state index contributed by atoms with van der Waals surface area (Å²) in [5.74, 6) is 1.24. The van der Waals surface area contributed by atoms with Gasteiger partial charge in [-0.3, -0.25) is 4.79 Å². The quantitative estimate of drug-likeness (QED) is 0.782. The van der Waals surface area contributed by atoms with Crippen molar-refractivity contribution in [2.45, 2.75) is 38.6 Å². The van der Waals surface area contributed by atoms with Crippen LogP contribution in [0.2, 0.25) is 0 Å². The summed E-state index contributed by atoms with van der Waals surface area (Å²) in [5.41, 5.74) is 2.21. The van der Waals surface area contributed by atoms with E-state index in [-0.39, 0.29) is 5.92 Å². The monoisotopic (exact) mass is 304 g/mol. The Morgan fingerprint density at radius 2 is 2.14 bits per heavy atom. The third kappa shape index (κ3) is 3.40. The predicted molar refractivity (Wildman–Crippen MR) is 82.7 cm³/mol. The van der Waals surface area contributed by atoms with Gasteiger partial charge in [-0.25, -0.2) is 4.98 Å². The number of rotatable bonds is 5. The molecule has 3 rings (SSSR count). The van der Waals surface area contributed by atoms with Crippen LogP contribution in [0.1, 0.15) is 36.9 Å². The lowest BCUT2D eigenvalue weighted by atomic mass is 10.0. The number of amides is 1. The van der Waals surface area contributed by atoms with E-state index in [1.807, 2.05) is 17.0 Å². The highest BCUT2D eigenvalue weighted by Gasteiger charge is 2.29. The third-order valence-electron chi connectivity index (χ3n) is 4.58. The average Bonchev–Trinajstić information content (AvgIpc) is 3.08. The Kier molecular flexibility index (Phi) is 4.93. The number of hydrogen-bond acceptors (Lipinski definition) is 4. The van der Waals surface area contributed by atoms with Crippen LogP contribution < -0.4 is 4.74 Å². The molecule has 5 heteroatoms. The Morgan fingerprint density at radius 1 is 1.32 bits per heavy atom. The van der Waals surface area contributed by atoms with Crippen LogP contribution in [0.25, 0.3) is 0 Å². The first-order valence-corrected chi connectivity index (χ1v) is 8.17. The van der Waals surface area contributed by atoms with E-state index in [2.05, 4.69) is 4.98 Å². The highest BCUT2D eigenvalue weighted by Crippen LogP contribution is 2.29. The van der Waals surface area contributed by atoms with E-state index in [0.29, 0.717) is 31.5 Å². The number of hydrogen-bond donors (Lipinski definition) is 0. The minimum Gasteiger partial charge on any atom is -0.475 e. The first-order valence-electron chi connectivity index (χ1n) is 8.17. The summed E-state index contributed by atoms with van der Waals surface area (Å²) in [6, 6.07) is 3.93. The van der Waals surface area contributed by atoms with E-state index < -0.39 is 0 Å². The maximum Gasteiger partial charge on any atom is 0.225 e. The van der Waals surface area contributed by atoms with E-state index in [9.17, 15) is 4.79 Å². The van der Waals surface area contributed by atoms with Crippen molar-refractivity contribution >= 4 is 5.91 Å². The molecule has 0 atom stereocenters. The number of aromatic nitrogens is 1. The third-order valence-corrected chi connectivity index (χ3v) is 4.58. The molecular weight excluding hydrogens is 280 g/mol. The lowest BCUT2D eigenvalue weighted by molar-refractivity contribution is -0.136. The van der Waals surface area contributed by atoms with Gasteiger partial charge in [0, 0.05) is 38.6 Å². The minimum atomic E-state index is 0.256. The molecule has 5 nitrogen and oxygen atoms in total. The molecule has 22 heavy (non-hydrogen) atoms. The molecule has 1 aromatic heterocycles. The fourth-order valence-electron chi connectivity index (χ4n) is 3.33. The number of carbonyl (C=O) groups excluding carboxylic acids is 1. The number of fused-ring (bicyclic) bond motifs is 1. The summed E-state index contributed by atoms with van der Waals surface area (Å²) in [5, 5.41) is 0. The average molecular weight is 304 g/mol. The molecule has 0 aromatic carbocycles. The fraction of sp³-hybridized carbons (Fsp3) is 0.647. The molecule has 1 aliphatic heterocycles. The van der Waals surface area contributed by atoms with Gasteiger partial charge in [0.15, 0.2) is 0 Å². The Balaban J connectivity index is 1.62. The zero-order chi connectivity index (χ0) is 15.4. The summed E-state index contributed by atoms with van der Waals surface area (Å²) in [6.45, 7) is 2.53. The number of methoxy groups -OCH3 is 1. The van der Waals surface area contributed by atoms with Crippen LogP contribution >= 0.6 is 0 Å². The van der Waals surface area contributed by atoms with Crippen molar-refractivity contribution in [3.63, 3.8) is 0 Å². The fourth-order valence-corrected chi connectivity index (χ4v) is 3.33. The normalized spacial score (nSPS) is 18.3. The van der Waals surface area contributed by atoms with Crippen LogP contribution in [-0.4, -0.2) is 42.7 Å². The summed E-state index contributed by atoms with van der Waals surface area (Å²) >= 11 is 0. The van der Waals surface area contributed by atoms with Gasteiger partial charge in [-0.1, -0.05) is 18.9 Å². The van der Waals surface area contributed by atoms with Gasteiger partial charge < -0.3 is 14.4 Å². The number of ether oxygens (including phenoxy) is 2. The van der Waals surface area contributed by atoms with Crippen molar-refractivity contribution in [2.24, 2.45) is 5.92 Å².